The molecule has 5 nitrogen and oxygen atoms in total. The van der Waals surface area contributed by atoms with Crippen LogP contribution in [-0.2, 0) is 4.79 Å². The Hall–Kier alpha value is -2.26. The summed E-state index contributed by atoms with van der Waals surface area (Å²) in [6.07, 6.45) is 1.25. The van der Waals surface area contributed by atoms with Crippen LogP contribution in [0.3, 0.4) is 0 Å². The van der Waals surface area contributed by atoms with Crippen molar-refractivity contribution in [2.45, 2.75) is 0 Å². The first-order valence-electron chi connectivity index (χ1n) is 3.77. The lowest BCUT2D eigenvalue weighted by molar-refractivity contribution is -0.299. The van der Waals surface area contributed by atoms with Gasteiger partial charge in [0.15, 0.2) is 0 Å². The molecule has 0 fully saturated rings. The number of carbonyl (C=O) groups is 1. The van der Waals surface area contributed by atoms with E-state index in [0.717, 1.165) is 0 Å². The molecule has 1 rings (SSSR count). The summed E-state index contributed by atoms with van der Waals surface area (Å²) in [6.45, 7) is 0. The smallest absolute Gasteiger partial charge is 0.0738 e. The summed E-state index contributed by atoms with van der Waals surface area (Å²) < 4.78 is 0. The van der Waals surface area contributed by atoms with Gasteiger partial charge < -0.3 is 9.90 Å². The van der Waals surface area contributed by atoms with Crippen molar-refractivity contribution < 1.29 is 9.90 Å². The minimum absolute atomic E-state index is 0.432. The number of carboxylic acids is 1. The van der Waals surface area contributed by atoms with Crippen LogP contribution in [0.4, 0.5) is 0 Å². The normalized spacial score (nSPS) is 10.4. The minimum Gasteiger partial charge on any atom is -0.545 e. The van der Waals surface area contributed by atoms with Gasteiger partial charge >= 0.3 is 0 Å². The zero-order valence-corrected chi connectivity index (χ0v) is 7.12. The van der Waals surface area contributed by atoms with E-state index < -0.39 is 11.7 Å². The monoisotopic (exact) mass is 188 g/mol. The average molecular weight is 188 g/mol. The fourth-order valence-electron chi connectivity index (χ4n) is 0.884. The number of benzene rings is 1. The van der Waals surface area contributed by atoms with Crippen molar-refractivity contribution in [1.82, 2.24) is 0 Å². The maximum absolute atomic E-state index is 10.4. The summed E-state index contributed by atoms with van der Waals surface area (Å²) >= 11 is 0. The Labute approximate surface area is 79.9 Å². The summed E-state index contributed by atoms with van der Waals surface area (Å²) in [5.41, 5.74) is 8.30. The van der Waals surface area contributed by atoms with Gasteiger partial charge in [0, 0.05) is 4.91 Å². The Morgan fingerprint density at radius 1 is 1.43 bits per heavy atom. The third-order valence-electron chi connectivity index (χ3n) is 1.46. The highest BCUT2D eigenvalue weighted by Crippen LogP contribution is 2.06. The summed E-state index contributed by atoms with van der Waals surface area (Å²) in [5.74, 6) is -1.49. The fraction of sp³-hybridized carbons (Fsp3) is 0. The lowest BCUT2D eigenvalue weighted by Gasteiger charge is -2.00. The number of nitrogens with zero attached hydrogens (tertiary/aromatic N) is 3. The maximum Gasteiger partial charge on any atom is 0.0738 e. The predicted molar refractivity (Wildman–Crippen MR) is 48.6 cm³/mol. The zero-order valence-electron chi connectivity index (χ0n) is 7.12. The summed E-state index contributed by atoms with van der Waals surface area (Å²) in [5, 5.41) is 13.4. The molecule has 1 aromatic carbocycles. The zero-order chi connectivity index (χ0) is 10.4. The van der Waals surface area contributed by atoms with E-state index in [1.165, 1.54) is 6.08 Å². The topological polar surface area (TPSA) is 88.9 Å². The molecule has 0 heterocycles. The van der Waals surface area contributed by atoms with Gasteiger partial charge in [-0.05, 0) is 17.2 Å². The molecule has 0 amide bonds. The van der Waals surface area contributed by atoms with Gasteiger partial charge in [-0.3, -0.25) is 0 Å². The highest BCUT2D eigenvalue weighted by Gasteiger charge is 1.94. The molecular formula is C9H6N3O2-. The Morgan fingerprint density at radius 3 is 2.57 bits per heavy atom. The van der Waals surface area contributed by atoms with Crippen molar-refractivity contribution in [3.8, 4) is 0 Å². The summed E-state index contributed by atoms with van der Waals surface area (Å²) in [6, 6.07) is 8.67. The largest absolute Gasteiger partial charge is 0.545 e. The number of azide groups is 1. The van der Waals surface area contributed by atoms with Gasteiger partial charge in [0.1, 0.15) is 0 Å². The average Bonchev–Trinajstić information content (AvgIpc) is 2.18. The van der Waals surface area contributed by atoms with Crippen molar-refractivity contribution in [3.63, 3.8) is 0 Å². The van der Waals surface area contributed by atoms with Crippen LogP contribution in [0, 0.1) is 0 Å². The van der Waals surface area contributed by atoms with Gasteiger partial charge in [-0.15, -0.1) is 0 Å². The van der Waals surface area contributed by atoms with Crippen LogP contribution in [0.1, 0.15) is 5.56 Å². The second-order valence-electron chi connectivity index (χ2n) is 2.42. The molecule has 0 atom stereocenters. The maximum atomic E-state index is 10.4. The number of hydrogen-bond donors (Lipinski definition) is 0. The van der Waals surface area contributed by atoms with E-state index in [-0.39, 0.29) is 0 Å². The van der Waals surface area contributed by atoms with Crippen molar-refractivity contribution in [3.05, 3.63) is 52.0 Å². The van der Waals surface area contributed by atoms with E-state index in [0.29, 0.717) is 5.56 Å². The van der Waals surface area contributed by atoms with Crippen molar-refractivity contribution >= 4 is 12.0 Å². The van der Waals surface area contributed by atoms with Crippen LogP contribution >= 0.6 is 0 Å². The molecule has 0 N–H and O–H groups in total. The van der Waals surface area contributed by atoms with Gasteiger partial charge in [-0.25, -0.2) is 0 Å². The molecule has 0 saturated carbocycles. The third kappa shape index (κ3) is 2.66. The van der Waals surface area contributed by atoms with Crippen molar-refractivity contribution in [2.24, 2.45) is 5.11 Å². The molecule has 70 valence electrons. The lowest BCUT2D eigenvalue weighted by Crippen LogP contribution is -2.23. The van der Waals surface area contributed by atoms with Crippen molar-refractivity contribution in [2.75, 3.05) is 0 Å². The Bertz CT molecular complexity index is 401. The molecule has 0 aliphatic rings. The number of rotatable bonds is 3. The summed E-state index contributed by atoms with van der Waals surface area (Å²) in [4.78, 5) is 12.8. The second kappa shape index (κ2) is 4.69. The molecule has 0 saturated heterocycles. The van der Waals surface area contributed by atoms with Crippen LogP contribution in [0.2, 0.25) is 0 Å². The fourth-order valence-corrected chi connectivity index (χ4v) is 0.884. The number of carboxylic acid groups (broad SMARTS) is 1. The highest BCUT2D eigenvalue weighted by molar-refractivity contribution is 5.90. The quantitative estimate of drug-likeness (QED) is 0.307. The Kier molecular flexibility index (Phi) is 3.29. The number of aliphatic carboxylic acids is 1. The summed E-state index contributed by atoms with van der Waals surface area (Å²) in [7, 11) is 0. The highest BCUT2D eigenvalue weighted by atomic mass is 16.4. The van der Waals surface area contributed by atoms with Gasteiger partial charge in [0.25, 0.3) is 0 Å². The van der Waals surface area contributed by atoms with Gasteiger partial charge in [0.2, 0.25) is 0 Å². The Morgan fingerprint density at radius 2 is 2.07 bits per heavy atom. The van der Waals surface area contributed by atoms with Crippen LogP contribution in [0.25, 0.3) is 16.5 Å². The first-order valence-corrected chi connectivity index (χ1v) is 3.77. The van der Waals surface area contributed by atoms with Crippen LogP contribution in [-0.4, -0.2) is 5.97 Å². The molecule has 0 aliphatic heterocycles. The number of carbonyl (C=O) groups excluding carboxylic acids is 1. The molecule has 5 heteroatoms. The Balaban J connectivity index is 3.05. The van der Waals surface area contributed by atoms with E-state index in [1.54, 1.807) is 30.3 Å². The molecule has 1 aromatic rings. The molecule has 0 radical (unpaired) electrons. The van der Waals surface area contributed by atoms with E-state index in [4.69, 9.17) is 5.53 Å². The van der Waals surface area contributed by atoms with E-state index >= 15 is 0 Å². The first-order chi connectivity index (χ1) is 6.74. The molecular weight excluding hydrogens is 182 g/mol. The SMILES string of the molecule is [N-]=[N+]=NC(=Cc1ccccc1)C(=O)[O-]. The predicted octanol–water partition coefficient (Wildman–Crippen LogP) is 1.09. The van der Waals surface area contributed by atoms with Crippen LogP contribution in [0.15, 0.2) is 41.1 Å². The standard InChI is InChI=1S/C9H7N3O2/c10-12-11-8(9(13)14)6-7-4-2-1-3-5-7/h1-6H,(H,13,14)/p-1. The molecule has 0 spiro atoms. The lowest BCUT2D eigenvalue weighted by atomic mass is 10.2. The van der Waals surface area contributed by atoms with Gasteiger partial charge in [-0.2, -0.15) is 0 Å². The minimum atomic E-state index is -1.49. The van der Waals surface area contributed by atoms with E-state index in [9.17, 15) is 9.90 Å². The van der Waals surface area contributed by atoms with Crippen molar-refractivity contribution in [1.29, 1.82) is 0 Å². The second-order valence-corrected chi connectivity index (χ2v) is 2.42. The molecule has 0 aromatic heterocycles. The van der Waals surface area contributed by atoms with Crippen LogP contribution in [0.5, 0.6) is 0 Å². The van der Waals surface area contributed by atoms with Gasteiger partial charge in [0.05, 0.1) is 11.7 Å². The van der Waals surface area contributed by atoms with Gasteiger partial charge in [-0.1, -0.05) is 35.4 Å². The first kappa shape index (κ1) is 9.83. The number of hydrogen-bond acceptors (Lipinski definition) is 3. The van der Waals surface area contributed by atoms with E-state index in [1.807, 2.05) is 0 Å². The molecule has 0 unspecified atom stereocenters. The van der Waals surface area contributed by atoms with E-state index in [2.05, 4.69) is 10.0 Å². The molecule has 0 bridgehead atoms. The molecule has 14 heavy (non-hydrogen) atoms. The molecule has 0 aliphatic carbocycles. The van der Waals surface area contributed by atoms with Crippen LogP contribution < -0.4 is 5.11 Å². The third-order valence-corrected chi connectivity index (χ3v) is 1.46.